The highest BCUT2D eigenvalue weighted by Crippen LogP contribution is 2.23. The predicted molar refractivity (Wildman–Crippen MR) is 121 cm³/mol. The van der Waals surface area contributed by atoms with Crippen molar-refractivity contribution in [3.05, 3.63) is 29.3 Å². The molecule has 0 spiro atoms. The van der Waals surface area contributed by atoms with Gasteiger partial charge in [-0.15, -0.1) is 0 Å². The van der Waals surface area contributed by atoms with Crippen LogP contribution in [0.4, 0.5) is 23.5 Å². The highest BCUT2D eigenvalue weighted by atomic mass is 16.1. The van der Waals surface area contributed by atoms with E-state index in [1.165, 1.54) is 0 Å². The van der Waals surface area contributed by atoms with Gasteiger partial charge in [0, 0.05) is 44.5 Å². The molecule has 2 aromatic rings. The van der Waals surface area contributed by atoms with E-state index in [2.05, 4.69) is 50.1 Å². The molecule has 3 rings (SSSR count). The van der Waals surface area contributed by atoms with Crippen LogP contribution in [-0.2, 0) is 0 Å². The fourth-order valence-corrected chi connectivity index (χ4v) is 3.41. The number of aromatic nitrogens is 3. The third kappa shape index (κ3) is 5.56. The highest BCUT2D eigenvalue weighted by Gasteiger charge is 2.18. The molecule has 1 aromatic carbocycles. The number of aryl methyl sites for hydroxylation is 1. The topological polar surface area (TPSA) is 107 Å². The van der Waals surface area contributed by atoms with Gasteiger partial charge in [0.25, 0.3) is 5.91 Å². The van der Waals surface area contributed by atoms with E-state index in [1.54, 1.807) is 13.1 Å². The van der Waals surface area contributed by atoms with Crippen molar-refractivity contribution in [1.29, 1.82) is 0 Å². The van der Waals surface area contributed by atoms with Crippen LogP contribution in [0.5, 0.6) is 0 Å². The SMILES string of the molecule is CNC(=O)c1ccc(C)c(Nc2nc(NC3CCNC3)nc(N(C)CC(C)C)n2)c1. The van der Waals surface area contributed by atoms with Crippen LogP contribution < -0.4 is 26.2 Å². The second kappa shape index (κ2) is 9.71. The molecule has 0 bridgehead atoms. The quantitative estimate of drug-likeness (QED) is 0.523. The minimum Gasteiger partial charge on any atom is -0.355 e. The van der Waals surface area contributed by atoms with Crippen LogP contribution >= 0.6 is 0 Å². The Balaban J connectivity index is 1.91. The second-order valence-corrected chi connectivity index (χ2v) is 8.12. The summed E-state index contributed by atoms with van der Waals surface area (Å²) in [5, 5.41) is 12.7. The molecule has 1 fully saturated rings. The molecule has 0 saturated carbocycles. The fourth-order valence-electron chi connectivity index (χ4n) is 3.41. The van der Waals surface area contributed by atoms with E-state index >= 15 is 0 Å². The van der Waals surface area contributed by atoms with Crippen LogP contribution in [0.3, 0.4) is 0 Å². The van der Waals surface area contributed by atoms with E-state index in [-0.39, 0.29) is 5.91 Å². The lowest BCUT2D eigenvalue weighted by molar-refractivity contribution is 0.0963. The van der Waals surface area contributed by atoms with Gasteiger partial charge in [-0.25, -0.2) is 0 Å². The Morgan fingerprint density at radius 2 is 2.03 bits per heavy atom. The first-order valence-electron chi connectivity index (χ1n) is 10.4. The maximum atomic E-state index is 12.0. The Labute approximate surface area is 178 Å². The Morgan fingerprint density at radius 1 is 1.27 bits per heavy atom. The molecule has 1 unspecified atom stereocenters. The summed E-state index contributed by atoms with van der Waals surface area (Å²) < 4.78 is 0. The van der Waals surface area contributed by atoms with E-state index in [9.17, 15) is 4.79 Å². The summed E-state index contributed by atoms with van der Waals surface area (Å²) in [6.07, 6.45) is 1.03. The smallest absolute Gasteiger partial charge is 0.251 e. The summed E-state index contributed by atoms with van der Waals surface area (Å²) in [5.41, 5.74) is 2.36. The average Bonchev–Trinajstić information content (AvgIpc) is 3.21. The van der Waals surface area contributed by atoms with Crippen molar-refractivity contribution in [2.75, 3.05) is 49.3 Å². The first-order valence-corrected chi connectivity index (χ1v) is 10.4. The number of hydrogen-bond donors (Lipinski definition) is 4. The molecule has 1 aromatic heterocycles. The number of nitrogens with one attached hydrogen (secondary N) is 4. The van der Waals surface area contributed by atoms with Crippen LogP contribution in [0.25, 0.3) is 0 Å². The van der Waals surface area contributed by atoms with E-state index in [0.29, 0.717) is 35.4 Å². The number of nitrogens with zero attached hydrogens (tertiary/aromatic N) is 4. The van der Waals surface area contributed by atoms with Crippen molar-refractivity contribution in [1.82, 2.24) is 25.6 Å². The molecule has 1 aliphatic heterocycles. The maximum absolute atomic E-state index is 12.0. The molecule has 2 heterocycles. The lowest BCUT2D eigenvalue weighted by Crippen LogP contribution is -2.27. The minimum absolute atomic E-state index is 0.137. The van der Waals surface area contributed by atoms with Crippen LogP contribution in [0.1, 0.15) is 36.2 Å². The first kappa shape index (κ1) is 21.8. The largest absolute Gasteiger partial charge is 0.355 e. The molecule has 1 amide bonds. The summed E-state index contributed by atoms with van der Waals surface area (Å²) in [4.78, 5) is 27.9. The van der Waals surface area contributed by atoms with Crippen molar-refractivity contribution >= 4 is 29.4 Å². The predicted octanol–water partition coefficient (Wildman–Crippen LogP) is 2.15. The standard InChI is InChI=1S/C21H32N8O/c1-13(2)12-29(5)21-27-19(24-16-8-9-23-11-16)26-20(28-21)25-17-10-15(18(30)22-4)7-6-14(17)3/h6-7,10,13,16,23H,8-9,11-12H2,1-5H3,(H,22,30)(H2,24,25,26,27,28). The summed E-state index contributed by atoms with van der Waals surface area (Å²) in [6.45, 7) is 9.01. The fraction of sp³-hybridized carbons (Fsp3) is 0.524. The zero-order valence-electron chi connectivity index (χ0n) is 18.4. The molecule has 162 valence electrons. The van der Waals surface area contributed by atoms with Crippen molar-refractivity contribution in [3.8, 4) is 0 Å². The van der Waals surface area contributed by atoms with Gasteiger partial charge in [0.15, 0.2) is 0 Å². The summed E-state index contributed by atoms with van der Waals surface area (Å²) in [6, 6.07) is 5.81. The minimum atomic E-state index is -0.137. The van der Waals surface area contributed by atoms with Gasteiger partial charge in [-0.2, -0.15) is 15.0 Å². The maximum Gasteiger partial charge on any atom is 0.251 e. The van der Waals surface area contributed by atoms with Crippen LogP contribution in [0.15, 0.2) is 18.2 Å². The van der Waals surface area contributed by atoms with E-state index in [1.807, 2.05) is 31.0 Å². The summed E-state index contributed by atoms with van der Waals surface area (Å²) >= 11 is 0. The lowest BCUT2D eigenvalue weighted by Gasteiger charge is -2.21. The molecule has 0 radical (unpaired) electrons. The molecule has 0 aliphatic carbocycles. The molecule has 9 nitrogen and oxygen atoms in total. The molecule has 4 N–H and O–H groups in total. The summed E-state index contributed by atoms with van der Waals surface area (Å²) in [7, 11) is 3.60. The number of hydrogen-bond acceptors (Lipinski definition) is 8. The number of carbonyl (C=O) groups excluding carboxylic acids is 1. The van der Waals surface area contributed by atoms with Crippen molar-refractivity contribution < 1.29 is 4.79 Å². The number of anilines is 4. The lowest BCUT2D eigenvalue weighted by atomic mass is 10.1. The number of benzene rings is 1. The summed E-state index contributed by atoms with van der Waals surface area (Å²) in [5.74, 6) is 1.94. The van der Waals surface area contributed by atoms with Crippen LogP contribution in [0, 0.1) is 12.8 Å². The number of amides is 1. The van der Waals surface area contributed by atoms with Crippen molar-refractivity contribution in [2.45, 2.75) is 33.2 Å². The average molecular weight is 413 g/mol. The second-order valence-electron chi connectivity index (χ2n) is 8.12. The third-order valence-corrected chi connectivity index (χ3v) is 4.97. The van der Waals surface area contributed by atoms with Gasteiger partial charge in [0.05, 0.1) is 0 Å². The Kier molecular flexibility index (Phi) is 7.04. The zero-order chi connectivity index (χ0) is 21.7. The van der Waals surface area contributed by atoms with Gasteiger partial charge >= 0.3 is 0 Å². The van der Waals surface area contributed by atoms with Gasteiger partial charge in [-0.1, -0.05) is 19.9 Å². The van der Waals surface area contributed by atoms with E-state index < -0.39 is 0 Å². The molecule has 9 heteroatoms. The Hall–Kier alpha value is -2.94. The first-order chi connectivity index (χ1) is 14.4. The van der Waals surface area contributed by atoms with Gasteiger partial charge in [0.2, 0.25) is 17.8 Å². The molecule has 30 heavy (non-hydrogen) atoms. The van der Waals surface area contributed by atoms with Crippen LogP contribution in [-0.4, -0.2) is 60.6 Å². The molecule has 1 atom stereocenters. The van der Waals surface area contributed by atoms with Gasteiger partial charge < -0.3 is 26.2 Å². The highest BCUT2D eigenvalue weighted by molar-refractivity contribution is 5.95. The van der Waals surface area contributed by atoms with E-state index in [4.69, 9.17) is 0 Å². The molecular weight excluding hydrogens is 380 g/mol. The van der Waals surface area contributed by atoms with Gasteiger partial charge in [-0.05, 0) is 43.5 Å². The Bertz CT molecular complexity index is 879. The Morgan fingerprint density at radius 3 is 2.70 bits per heavy atom. The monoisotopic (exact) mass is 412 g/mol. The van der Waals surface area contributed by atoms with E-state index in [0.717, 1.165) is 37.3 Å². The van der Waals surface area contributed by atoms with Gasteiger partial charge in [0.1, 0.15) is 0 Å². The van der Waals surface area contributed by atoms with Crippen molar-refractivity contribution in [2.24, 2.45) is 5.92 Å². The number of carbonyl (C=O) groups is 1. The molecule has 1 aliphatic rings. The number of rotatable bonds is 8. The zero-order valence-corrected chi connectivity index (χ0v) is 18.4. The third-order valence-electron chi connectivity index (χ3n) is 4.97. The molecule has 1 saturated heterocycles. The van der Waals surface area contributed by atoms with Gasteiger partial charge in [-0.3, -0.25) is 4.79 Å². The normalized spacial score (nSPS) is 15.9. The van der Waals surface area contributed by atoms with Crippen molar-refractivity contribution in [3.63, 3.8) is 0 Å². The van der Waals surface area contributed by atoms with Crippen LogP contribution in [0.2, 0.25) is 0 Å². The molecular formula is C21H32N8O.